The monoisotopic (exact) mass is 398 g/mol. The predicted molar refractivity (Wildman–Crippen MR) is 115 cm³/mol. The summed E-state index contributed by atoms with van der Waals surface area (Å²) in [7, 11) is 0. The van der Waals surface area contributed by atoms with Crippen LogP contribution in [0.1, 0.15) is 26.7 Å². The molecule has 156 valence electrons. The number of benzene rings is 2. The molecule has 6 nitrogen and oxygen atoms in total. The highest BCUT2D eigenvalue weighted by Crippen LogP contribution is 2.20. The average molecular weight is 399 g/mol. The molecule has 1 fully saturated rings. The molecule has 0 saturated carbocycles. The zero-order valence-electron chi connectivity index (χ0n) is 17.1. The van der Waals surface area contributed by atoms with Crippen LogP contribution in [0.15, 0.2) is 48.5 Å². The number of rotatable bonds is 10. The summed E-state index contributed by atoms with van der Waals surface area (Å²) in [5, 5.41) is 6.01. The molecular weight excluding hydrogens is 368 g/mol. The van der Waals surface area contributed by atoms with E-state index in [1.807, 2.05) is 48.5 Å². The van der Waals surface area contributed by atoms with Gasteiger partial charge in [-0.3, -0.25) is 4.79 Å². The Bertz CT molecular complexity index is 771. The fourth-order valence-electron chi connectivity index (χ4n) is 2.95. The molecule has 1 atom stereocenters. The maximum Gasteiger partial charge on any atom is 0.243 e. The number of nitrogens with one attached hydrogen (secondary N) is 2. The summed E-state index contributed by atoms with van der Waals surface area (Å²) >= 11 is 0. The smallest absolute Gasteiger partial charge is 0.243 e. The molecular formula is C23H30N2O4. The second-order valence-electron chi connectivity index (χ2n) is 7.60. The third-order valence-electron chi connectivity index (χ3n) is 4.47. The number of carbonyl (C=O) groups excluding carboxylic acids is 1. The van der Waals surface area contributed by atoms with Crippen LogP contribution in [0.25, 0.3) is 0 Å². The lowest BCUT2D eigenvalue weighted by atomic mass is 10.2. The van der Waals surface area contributed by atoms with Crippen LogP contribution in [0.2, 0.25) is 0 Å². The van der Waals surface area contributed by atoms with E-state index in [0.717, 1.165) is 42.3 Å². The van der Waals surface area contributed by atoms with Crippen LogP contribution in [0.3, 0.4) is 0 Å². The SMILES string of the molecule is CC(C)COc1ccc(NC(=O)CNc2cccc(OCC3CCCO3)c2)cc1. The summed E-state index contributed by atoms with van der Waals surface area (Å²) in [6.07, 6.45) is 2.32. The van der Waals surface area contributed by atoms with Gasteiger partial charge in [-0.05, 0) is 55.2 Å². The van der Waals surface area contributed by atoms with E-state index in [1.165, 1.54) is 0 Å². The Kier molecular flexibility index (Phi) is 7.76. The normalized spacial score (nSPS) is 15.9. The van der Waals surface area contributed by atoms with Crippen molar-refractivity contribution >= 4 is 17.3 Å². The van der Waals surface area contributed by atoms with Gasteiger partial charge in [-0.2, -0.15) is 0 Å². The van der Waals surface area contributed by atoms with E-state index in [4.69, 9.17) is 14.2 Å². The molecule has 1 saturated heterocycles. The van der Waals surface area contributed by atoms with Crippen LogP contribution in [0.4, 0.5) is 11.4 Å². The van der Waals surface area contributed by atoms with Crippen LogP contribution < -0.4 is 20.1 Å². The van der Waals surface area contributed by atoms with Crippen molar-refractivity contribution in [1.29, 1.82) is 0 Å². The Hall–Kier alpha value is -2.73. The number of ether oxygens (including phenoxy) is 3. The number of anilines is 2. The zero-order chi connectivity index (χ0) is 20.5. The summed E-state index contributed by atoms with van der Waals surface area (Å²) in [5.41, 5.74) is 1.57. The summed E-state index contributed by atoms with van der Waals surface area (Å²) < 4.78 is 17.0. The van der Waals surface area contributed by atoms with Gasteiger partial charge in [0.2, 0.25) is 5.91 Å². The molecule has 2 N–H and O–H groups in total. The minimum Gasteiger partial charge on any atom is -0.493 e. The van der Waals surface area contributed by atoms with Gasteiger partial charge >= 0.3 is 0 Å². The topological polar surface area (TPSA) is 68.8 Å². The van der Waals surface area contributed by atoms with Gasteiger partial charge < -0.3 is 24.8 Å². The quantitative estimate of drug-likeness (QED) is 0.623. The Balaban J connectivity index is 1.42. The Morgan fingerprint density at radius 3 is 2.66 bits per heavy atom. The number of amides is 1. The van der Waals surface area contributed by atoms with Crippen LogP contribution in [-0.2, 0) is 9.53 Å². The van der Waals surface area contributed by atoms with Gasteiger partial charge in [-0.25, -0.2) is 0 Å². The van der Waals surface area contributed by atoms with Crippen molar-refractivity contribution < 1.29 is 19.0 Å². The van der Waals surface area contributed by atoms with Gasteiger partial charge in [0.05, 0.1) is 19.3 Å². The van der Waals surface area contributed by atoms with Gasteiger partial charge in [0.1, 0.15) is 18.1 Å². The van der Waals surface area contributed by atoms with Crippen molar-refractivity contribution in [2.45, 2.75) is 32.8 Å². The molecule has 0 aromatic heterocycles. The van der Waals surface area contributed by atoms with Crippen molar-refractivity contribution in [3.8, 4) is 11.5 Å². The molecule has 2 aromatic carbocycles. The second kappa shape index (κ2) is 10.7. The lowest BCUT2D eigenvalue weighted by Gasteiger charge is -2.13. The van der Waals surface area contributed by atoms with Crippen LogP contribution in [0, 0.1) is 5.92 Å². The van der Waals surface area contributed by atoms with E-state index in [-0.39, 0.29) is 18.6 Å². The van der Waals surface area contributed by atoms with E-state index in [9.17, 15) is 4.79 Å². The molecule has 0 spiro atoms. The largest absolute Gasteiger partial charge is 0.493 e. The molecule has 1 unspecified atom stereocenters. The summed E-state index contributed by atoms with van der Waals surface area (Å²) in [6.45, 7) is 6.42. The van der Waals surface area contributed by atoms with Crippen LogP contribution in [0.5, 0.6) is 11.5 Å². The first-order valence-electron chi connectivity index (χ1n) is 10.2. The molecule has 1 aliphatic rings. The van der Waals surface area contributed by atoms with E-state index >= 15 is 0 Å². The Labute approximate surface area is 172 Å². The van der Waals surface area contributed by atoms with Gasteiger partial charge in [-0.15, -0.1) is 0 Å². The predicted octanol–water partition coefficient (Wildman–Crippen LogP) is 4.33. The molecule has 29 heavy (non-hydrogen) atoms. The highest BCUT2D eigenvalue weighted by Gasteiger charge is 2.16. The fraction of sp³-hybridized carbons (Fsp3) is 0.435. The van der Waals surface area contributed by atoms with Crippen LogP contribution >= 0.6 is 0 Å². The van der Waals surface area contributed by atoms with Crippen molar-refractivity contribution in [1.82, 2.24) is 0 Å². The van der Waals surface area contributed by atoms with Gasteiger partial charge in [0.25, 0.3) is 0 Å². The van der Waals surface area contributed by atoms with Gasteiger partial charge in [0, 0.05) is 24.0 Å². The Morgan fingerprint density at radius 1 is 1.10 bits per heavy atom. The molecule has 0 aliphatic carbocycles. The van der Waals surface area contributed by atoms with Gasteiger partial charge in [0.15, 0.2) is 0 Å². The maximum atomic E-state index is 12.2. The summed E-state index contributed by atoms with van der Waals surface area (Å²) in [5.74, 6) is 1.92. The number of hydrogen-bond acceptors (Lipinski definition) is 5. The minimum absolute atomic E-state index is 0.119. The molecule has 1 aliphatic heterocycles. The molecule has 1 amide bonds. The van der Waals surface area contributed by atoms with Crippen molar-refractivity contribution in [3.63, 3.8) is 0 Å². The molecule has 1 heterocycles. The summed E-state index contributed by atoms with van der Waals surface area (Å²) in [4.78, 5) is 12.2. The first-order chi connectivity index (χ1) is 14.1. The fourth-order valence-corrected chi connectivity index (χ4v) is 2.95. The van der Waals surface area contributed by atoms with Crippen molar-refractivity contribution in [2.75, 3.05) is 37.0 Å². The van der Waals surface area contributed by atoms with E-state index in [1.54, 1.807) is 0 Å². The molecule has 6 heteroatoms. The maximum absolute atomic E-state index is 12.2. The molecule has 0 radical (unpaired) electrons. The summed E-state index contributed by atoms with van der Waals surface area (Å²) in [6, 6.07) is 15.0. The van der Waals surface area contributed by atoms with E-state index in [0.29, 0.717) is 19.1 Å². The average Bonchev–Trinajstić information content (AvgIpc) is 3.24. The highest BCUT2D eigenvalue weighted by atomic mass is 16.5. The second-order valence-corrected chi connectivity index (χ2v) is 7.60. The lowest BCUT2D eigenvalue weighted by molar-refractivity contribution is -0.114. The first kappa shape index (κ1) is 21.0. The number of hydrogen-bond donors (Lipinski definition) is 2. The van der Waals surface area contributed by atoms with Crippen molar-refractivity contribution in [2.24, 2.45) is 5.92 Å². The molecule has 3 rings (SSSR count). The standard InChI is InChI=1S/C23H30N2O4/c1-17(2)15-28-20-10-8-18(9-11-20)25-23(26)14-24-19-5-3-6-21(13-19)29-16-22-7-4-12-27-22/h3,5-6,8-11,13,17,22,24H,4,7,12,14-16H2,1-2H3,(H,25,26). The third-order valence-corrected chi connectivity index (χ3v) is 4.47. The lowest BCUT2D eigenvalue weighted by Crippen LogP contribution is -2.21. The van der Waals surface area contributed by atoms with E-state index in [2.05, 4.69) is 24.5 Å². The zero-order valence-corrected chi connectivity index (χ0v) is 17.1. The van der Waals surface area contributed by atoms with Crippen molar-refractivity contribution in [3.05, 3.63) is 48.5 Å². The molecule has 2 aromatic rings. The Morgan fingerprint density at radius 2 is 1.93 bits per heavy atom. The van der Waals surface area contributed by atoms with Gasteiger partial charge in [-0.1, -0.05) is 19.9 Å². The first-order valence-corrected chi connectivity index (χ1v) is 10.2. The number of carbonyl (C=O) groups is 1. The minimum atomic E-state index is -0.119. The van der Waals surface area contributed by atoms with E-state index < -0.39 is 0 Å². The highest BCUT2D eigenvalue weighted by molar-refractivity contribution is 5.93. The van der Waals surface area contributed by atoms with Crippen LogP contribution in [-0.4, -0.2) is 38.4 Å². The molecule has 0 bridgehead atoms. The third kappa shape index (κ3) is 7.31.